The summed E-state index contributed by atoms with van der Waals surface area (Å²) in [5.74, 6) is 0.696. The summed E-state index contributed by atoms with van der Waals surface area (Å²) < 4.78 is 10.4. The molecule has 0 aliphatic heterocycles. The number of hydrogen-bond acceptors (Lipinski definition) is 11. The zero-order chi connectivity index (χ0) is 21.7. The first-order valence-corrected chi connectivity index (χ1v) is 9.97. The summed E-state index contributed by atoms with van der Waals surface area (Å²) in [6, 6.07) is 1.69. The number of aromatic nitrogens is 4. The number of quaternary nitrogens is 1. The standard InChI is InChI=1S/C18H22N6O5S/c1-6-24(26-4,27-5)14-8-12(13-9-19-10-29-13)21-17(22-14)23-18-20-11(3)15(30-18)16(25)28-7-2/h8-10H,6-7H2,1-5H3/p+1. The highest BCUT2D eigenvalue weighted by molar-refractivity contribution is 7.17. The number of rotatable bonds is 9. The van der Waals surface area contributed by atoms with Crippen LogP contribution in [0.1, 0.15) is 29.2 Å². The maximum absolute atomic E-state index is 12.1. The molecule has 3 aromatic heterocycles. The summed E-state index contributed by atoms with van der Waals surface area (Å²) in [6.07, 6.45) is 2.86. The Morgan fingerprint density at radius 2 is 2.00 bits per heavy atom. The Bertz CT molecular complexity index is 994. The van der Waals surface area contributed by atoms with Gasteiger partial charge in [0.2, 0.25) is 5.95 Å². The highest BCUT2D eigenvalue weighted by Crippen LogP contribution is 2.30. The Labute approximate surface area is 177 Å². The average Bonchev–Trinajstić information content (AvgIpc) is 3.40. The Kier molecular flexibility index (Phi) is 6.72. The minimum absolute atomic E-state index is 0.230. The summed E-state index contributed by atoms with van der Waals surface area (Å²) in [4.78, 5) is 40.6. The minimum atomic E-state index is -0.419. The van der Waals surface area contributed by atoms with Crippen LogP contribution in [0, 0.1) is 6.92 Å². The van der Waals surface area contributed by atoms with E-state index in [4.69, 9.17) is 18.8 Å². The van der Waals surface area contributed by atoms with Crippen LogP contribution in [0.4, 0.5) is 16.9 Å². The molecule has 0 aliphatic rings. The molecule has 3 aromatic rings. The van der Waals surface area contributed by atoms with Gasteiger partial charge in [0.1, 0.15) is 31.3 Å². The van der Waals surface area contributed by atoms with Crippen molar-refractivity contribution < 1.29 is 23.6 Å². The van der Waals surface area contributed by atoms with Gasteiger partial charge in [-0.05, 0) is 20.8 Å². The Morgan fingerprint density at radius 1 is 1.23 bits per heavy atom. The molecular weight excluding hydrogens is 412 g/mol. The van der Waals surface area contributed by atoms with E-state index < -0.39 is 5.97 Å². The highest BCUT2D eigenvalue weighted by Gasteiger charge is 2.35. The van der Waals surface area contributed by atoms with E-state index in [1.54, 1.807) is 26.1 Å². The van der Waals surface area contributed by atoms with Crippen LogP contribution in [0.25, 0.3) is 11.5 Å². The fourth-order valence-corrected chi connectivity index (χ4v) is 3.60. The molecule has 0 fully saturated rings. The number of esters is 1. The van der Waals surface area contributed by atoms with Crippen LogP contribution in [0.3, 0.4) is 0 Å². The average molecular weight is 435 g/mol. The molecule has 12 heteroatoms. The molecule has 0 atom stereocenters. The lowest BCUT2D eigenvalue weighted by atomic mass is 10.3. The normalized spacial score (nSPS) is 11.5. The third-order valence-corrected chi connectivity index (χ3v) is 5.28. The number of nitrogens with one attached hydrogen (secondary N) is 1. The van der Waals surface area contributed by atoms with E-state index in [9.17, 15) is 4.79 Å². The molecule has 0 unspecified atom stereocenters. The molecule has 11 nitrogen and oxygen atoms in total. The molecule has 0 spiro atoms. The molecule has 0 saturated carbocycles. The second kappa shape index (κ2) is 9.26. The van der Waals surface area contributed by atoms with Crippen LogP contribution in [0.2, 0.25) is 0 Å². The number of ether oxygens (including phenoxy) is 1. The zero-order valence-electron chi connectivity index (χ0n) is 17.3. The lowest BCUT2D eigenvalue weighted by Crippen LogP contribution is -2.47. The van der Waals surface area contributed by atoms with Crippen molar-refractivity contribution in [3.8, 4) is 11.5 Å². The van der Waals surface area contributed by atoms with Gasteiger partial charge in [0.05, 0.1) is 24.6 Å². The first kappa shape index (κ1) is 21.8. The molecule has 0 radical (unpaired) electrons. The summed E-state index contributed by atoms with van der Waals surface area (Å²) in [5.41, 5.74) is 1.03. The van der Waals surface area contributed by atoms with Gasteiger partial charge in [0.15, 0.2) is 17.3 Å². The minimum Gasteiger partial charge on any atom is -0.462 e. The van der Waals surface area contributed by atoms with Crippen LogP contribution in [0.15, 0.2) is 23.1 Å². The van der Waals surface area contributed by atoms with E-state index in [0.29, 0.717) is 39.5 Å². The van der Waals surface area contributed by atoms with Crippen LogP contribution in [0.5, 0.6) is 0 Å². The predicted octanol–water partition coefficient (Wildman–Crippen LogP) is 3.27. The maximum Gasteiger partial charge on any atom is 0.350 e. The van der Waals surface area contributed by atoms with Crippen molar-refractivity contribution in [1.29, 1.82) is 0 Å². The number of hydrogen-bond donors (Lipinski definition) is 1. The van der Waals surface area contributed by atoms with E-state index in [1.807, 2.05) is 6.92 Å². The van der Waals surface area contributed by atoms with Gasteiger partial charge < -0.3 is 9.15 Å². The fourth-order valence-electron chi connectivity index (χ4n) is 2.75. The van der Waals surface area contributed by atoms with Crippen LogP contribution < -0.4 is 10.1 Å². The van der Waals surface area contributed by atoms with Crippen molar-refractivity contribution in [3.05, 3.63) is 29.2 Å². The molecular formula is C18H23N6O5S+. The van der Waals surface area contributed by atoms with E-state index in [2.05, 4.69) is 25.3 Å². The largest absolute Gasteiger partial charge is 0.462 e. The quantitative estimate of drug-likeness (QED) is 0.304. The molecule has 0 aliphatic carbocycles. The number of anilines is 2. The summed E-state index contributed by atoms with van der Waals surface area (Å²) in [6.45, 7) is 6.12. The number of nitrogens with zero attached hydrogens (tertiary/aromatic N) is 5. The van der Waals surface area contributed by atoms with Crippen molar-refractivity contribution in [2.45, 2.75) is 20.8 Å². The zero-order valence-corrected chi connectivity index (χ0v) is 18.1. The van der Waals surface area contributed by atoms with Crippen LogP contribution in [-0.4, -0.2) is 53.3 Å². The lowest BCUT2D eigenvalue weighted by molar-refractivity contribution is -0.326. The number of hydroxylamine groups is 2. The van der Waals surface area contributed by atoms with Gasteiger partial charge in [-0.25, -0.2) is 19.7 Å². The van der Waals surface area contributed by atoms with Gasteiger partial charge in [-0.15, -0.1) is 0 Å². The Hall–Kier alpha value is -2.93. The third-order valence-electron chi connectivity index (χ3n) is 4.23. The Morgan fingerprint density at radius 3 is 2.60 bits per heavy atom. The van der Waals surface area contributed by atoms with Gasteiger partial charge in [-0.1, -0.05) is 11.3 Å². The fraction of sp³-hybridized carbons (Fsp3) is 0.389. The maximum atomic E-state index is 12.1. The van der Waals surface area contributed by atoms with Gasteiger partial charge in [-0.2, -0.15) is 14.7 Å². The second-order valence-electron chi connectivity index (χ2n) is 5.93. The van der Waals surface area contributed by atoms with Crippen molar-refractivity contribution in [2.75, 3.05) is 32.7 Å². The van der Waals surface area contributed by atoms with Gasteiger partial charge in [-0.3, -0.25) is 5.32 Å². The van der Waals surface area contributed by atoms with Crippen molar-refractivity contribution in [1.82, 2.24) is 24.7 Å². The van der Waals surface area contributed by atoms with Crippen molar-refractivity contribution >= 4 is 34.2 Å². The van der Waals surface area contributed by atoms with E-state index in [1.165, 1.54) is 20.6 Å². The van der Waals surface area contributed by atoms with Gasteiger partial charge >= 0.3 is 5.97 Å². The lowest BCUT2D eigenvalue weighted by Gasteiger charge is -2.26. The number of thiazole rings is 1. The summed E-state index contributed by atoms with van der Waals surface area (Å²) >= 11 is 1.16. The van der Waals surface area contributed by atoms with Crippen molar-refractivity contribution in [2.24, 2.45) is 0 Å². The molecule has 0 aromatic carbocycles. The predicted molar refractivity (Wildman–Crippen MR) is 110 cm³/mol. The molecule has 30 heavy (non-hydrogen) atoms. The monoisotopic (exact) mass is 435 g/mol. The van der Waals surface area contributed by atoms with E-state index in [-0.39, 0.29) is 17.4 Å². The third kappa shape index (κ3) is 4.31. The van der Waals surface area contributed by atoms with Crippen LogP contribution in [-0.2, 0) is 14.4 Å². The molecule has 3 heterocycles. The van der Waals surface area contributed by atoms with E-state index >= 15 is 0 Å². The van der Waals surface area contributed by atoms with Crippen LogP contribution >= 0.6 is 11.3 Å². The highest BCUT2D eigenvalue weighted by atomic mass is 32.1. The number of carbonyl (C=O) groups excluding carboxylic acids is 1. The number of aryl methyl sites for hydroxylation is 1. The Balaban J connectivity index is 2.02. The smallest absolute Gasteiger partial charge is 0.350 e. The first-order valence-electron chi connectivity index (χ1n) is 9.15. The molecule has 0 saturated heterocycles. The second-order valence-corrected chi connectivity index (χ2v) is 6.93. The topological polar surface area (TPSA) is 121 Å². The molecule has 0 amide bonds. The summed E-state index contributed by atoms with van der Waals surface area (Å²) in [5, 5.41) is 3.49. The van der Waals surface area contributed by atoms with Crippen molar-refractivity contribution in [3.63, 3.8) is 0 Å². The molecule has 1 N–H and O–H groups in total. The SMILES string of the molecule is CCOC(=O)c1sc(Nc2nc(-c3cnco3)cc([N+](CC)(OC)OC)n2)nc1C. The van der Waals surface area contributed by atoms with Gasteiger partial charge in [0.25, 0.3) is 5.82 Å². The summed E-state index contributed by atoms with van der Waals surface area (Å²) in [7, 11) is 3.04. The molecule has 160 valence electrons. The van der Waals surface area contributed by atoms with Gasteiger partial charge in [0, 0.05) is 4.81 Å². The molecule has 0 bridgehead atoms. The number of oxazole rings is 1. The number of carbonyl (C=O) groups is 1. The molecule has 3 rings (SSSR count). The van der Waals surface area contributed by atoms with E-state index in [0.717, 1.165) is 11.3 Å². The first-order chi connectivity index (χ1) is 14.5.